The molecular formula is C20H16ClNO3S. The molecule has 3 aromatic rings. The second kappa shape index (κ2) is 8.74. The van der Waals surface area contributed by atoms with Gasteiger partial charge in [0.2, 0.25) is 0 Å². The predicted molar refractivity (Wildman–Crippen MR) is 102 cm³/mol. The van der Waals surface area contributed by atoms with Gasteiger partial charge in [0.05, 0.1) is 12.1 Å². The number of ether oxygens (including phenoxy) is 1. The molecule has 0 spiro atoms. The first-order chi connectivity index (χ1) is 12.6. The molecule has 2 aromatic carbocycles. The van der Waals surface area contributed by atoms with Crippen LogP contribution in [-0.4, -0.2) is 16.7 Å². The minimum Gasteiger partial charge on any atom is -0.459 e. The summed E-state index contributed by atoms with van der Waals surface area (Å²) in [5.41, 5.74) is 2.25. The van der Waals surface area contributed by atoms with Gasteiger partial charge in [0.1, 0.15) is 11.6 Å². The van der Waals surface area contributed by atoms with Crippen LogP contribution >= 0.6 is 22.9 Å². The van der Waals surface area contributed by atoms with Gasteiger partial charge >= 0.3 is 5.97 Å². The number of carbonyl (C=O) groups excluding carboxylic acids is 2. The Morgan fingerprint density at radius 1 is 1.00 bits per heavy atom. The van der Waals surface area contributed by atoms with E-state index in [4.69, 9.17) is 16.3 Å². The first-order valence-corrected chi connectivity index (χ1v) is 9.32. The molecule has 0 aliphatic heterocycles. The Morgan fingerprint density at radius 3 is 2.46 bits per heavy atom. The number of aromatic nitrogens is 1. The third kappa shape index (κ3) is 5.00. The van der Waals surface area contributed by atoms with Crippen molar-refractivity contribution in [3.8, 4) is 10.6 Å². The molecule has 0 atom stereocenters. The quantitative estimate of drug-likeness (QED) is 0.416. The maximum Gasteiger partial charge on any atom is 0.306 e. The number of hydrogen-bond donors (Lipinski definition) is 0. The Balaban J connectivity index is 1.47. The van der Waals surface area contributed by atoms with Crippen molar-refractivity contribution in [3.63, 3.8) is 0 Å². The molecule has 0 radical (unpaired) electrons. The Morgan fingerprint density at radius 2 is 1.73 bits per heavy atom. The maximum atomic E-state index is 12.0. The number of rotatable bonds is 7. The highest BCUT2D eigenvalue weighted by atomic mass is 35.5. The van der Waals surface area contributed by atoms with Crippen molar-refractivity contribution >= 4 is 34.7 Å². The average molecular weight is 386 g/mol. The molecule has 6 heteroatoms. The summed E-state index contributed by atoms with van der Waals surface area (Å²) in [7, 11) is 0. The number of Topliss-reactive ketones (excluding diaryl/α,β-unsaturated/α-hetero) is 1. The lowest BCUT2D eigenvalue weighted by molar-refractivity contribution is -0.145. The molecule has 3 rings (SSSR count). The van der Waals surface area contributed by atoms with Crippen LogP contribution < -0.4 is 0 Å². The van der Waals surface area contributed by atoms with Crippen LogP contribution in [-0.2, 0) is 16.1 Å². The van der Waals surface area contributed by atoms with Gasteiger partial charge in [-0.2, -0.15) is 0 Å². The summed E-state index contributed by atoms with van der Waals surface area (Å²) < 4.78 is 5.21. The zero-order valence-corrected chi connectivity index (χ0v) is 15.4. The van der Waals surface area contributed by atoms with Gasteiger partial charge in [0.15, 0.2) is 5.78 Å². The number of esters is 1. The SMILES string of the molecule is O=C(CCC(=O)c1ccccc1)OCc1csc(-c2ccc(Cl)cc2)n1. The zero-order valence-electron chi connectivity index (χ0n) is 13.9. The fraction of sp³-hybridized carbons (Fsp3) is 0.150. The van der Waals surface area contributed by atoms with Gasteiger partial charge in [-0.05, 0) is 12.1 Å². The number of carbonyl (C=O) groups is 2. The highest BCUT2D eigenvalue weighted by molar-refractivity contribution is 7.13. The topological polar surface area (TPSA) is 56.3 Å². The number of thiazole rings is 1. The van der Waals surface area contributed by atoms with Crippen LogP contribution in [0, 0.1) is 0 Å². The molecule has 0 bridgehead atoms. The van der Waals surface area contributed by atoms with Crippen LogP contribution in [0.5, 0.6) is 0 Å². The predicted octanol–water partition coefficient (Wildman–Crippen LogP) is 5.17. The normalized spacial score (nSPS) is 10.5. The van der Waals surface area contributed by atoms with Crippen molar-refractivity contribution in [2.24, 2.45) is 0 Å². The molecule has 0 fully saturated rings. The zero-order chi connectivity index (χ0) is 18.4. The van der Waals surface area contributed by atoms with Gasteiger partial charge in [-0.3, -0.25) is 9.59 Å². The molecule has 0 aliphatic carbocycles. The maximum absolute atomic E-state index is 12.0. The molecule has 132 valence electrons. The Bertz CT molecular complexity index is 891. The number of ketones is 1. The van der Waals surface area contributed by atoms with E-state index in [0.717, 1.165) is 10.6 Å². The summed E-state index contributed by atoms with van der Waals surface area (Å²) in [6, 6.07) is 16.3. The molecule has 0 unspecified atom stereocenters. The van der Waals surface area contributed by atoms with Gasteiger partial charge < -0.3 is 4.74 Å². The largest absolute Gasteiger partial charge is 0.459 e. The van der Waals surface area contributed by atoms with Crippen LogP contribution in [0.3, 0.4) is 0 Å². The van der Waals surface area contributed by atoms with Crippen LogP contribution in [0.2, 0.25) is 5.02 Å². The van der Waals surface area contributed by atoms with Crippen molar-refractivity contribution in [1.82, 2.24) is 4.98 Å². The van der Waals surface area contributed by atoms with Crippen molar-refractivity contribution in [2.45, 2.75) is 19.4 Å². The molecule has 0 saturated carbocycles. The minimum absolute atomic E-state index is 0.0574. The molecule has 1 aromatic heterocycles. The van der Waals surface area contributed by atoms with E-state index in [1.165, 1.54) is 11.3 Å². The number of benzene rings is 2. The fourth-order valence-electron chi connectivity index (χ4n) is 2.31. The number of halogens is 1. The second-order valence-corrected chi connectivity index (χ2v) is 6.90. The highest BCUT2D eigenvalue weighted by Crippen LogP contribution is 2.25. The summed E-state index contributed by atoms with van der Waals surface area (Å²) in [6.45, 7) is 0.0997. The van der Waals surface area contributed by atoms with E-state index in [0.29, 0.717) is 16.3 Å². The van der Waals surface area contributed by atoms with Crippen molar-refractivity contribution in [3.05, 3.63) is 76.3 Å². The van der Waals surface area contributed by atoms with E-state index in [1.807, 2.05) is 35.7 Å². The van der Waals surface area contributed by atoms with E-state index in [-0.39, 0.29) is 25.2 Å². The van der Waals surface area contributed by atoms with Crippen LogP contribution in [0.1, 0.15) is 28.9 Å². The minimum atomic E-state index is -0.407. The van der Waals surface area contributed by atoms with E-state index in [1.54, 1.807) is 24.3 Å². The lowest BCUT2D eigenvalue weighted by Crippen LogP contribution is -2.08. The van der Waals surface area contributed by atoms with Crippen LogP contribution in [0.4, 0.5) is 0 Å². The van der Waals surface area contributed by atoms with Crippen LogP contribution in [0.15, 0.2) is 60.0 Å². The molecule has 4 nitrogen and oxygen atoms in total. The van der Waals surface area contributed by atoms with E-state index >= 15 is 0 Å². The second-order valence-electron chi connectivity index (χ2n) is 5.60. The molecule has 0 aliphatic rings. The fourth-order valence-corrected chi connectivity index (χ4v) is 3.25. The smallest absolute Gasteiger partial charge is 0.306 e. The molecule has 0 N–H and O–H groups in total. The monoisotopic (exact) mass is 385 g/mol. The molecule has 0 amide bonds. The van der Waals surface area contributed by atoms with Gasteiger partial charge in [-0.15, -0.1) is 11.3 Å². The third-order valence-corrected chi connectivity index (χ3v) is 4.87. The third-order valence-electron chi connectivity index (χ3n) is 3.68. The van der Waals surface area contributed by atoms with Crippen molar-refractivity contribution in [1.29, 1.82) is 0 Å². The Kier molecular flexibility index (Phi) is 6.15. The Labute approximate surface area is 160 Å². The summed E-state index contributed by atoms with van der Waals surface area (Å²) in [5, 5.41) is 3.36. The first-order valence-electron chi connectivity index (χ1n) is 8.06. The van der Waals surface area contributed by atoms with Crippen LogP contribution in [0.25, 0.3) is 10.6 Å². The van der Waals surface area contributed by atoms with Gasteiger partial charge in [0.25, 0.3) is 0 Å². The summed E-state index contributed by atoms with van der Waals surface area (Å²) in [4.78, 5) is 28.3. The summed E-state index contributed by atoms with van der Waals surface area (Å²) in [6.07, 6.45) is 0.192. The van der Waals surface area contributed by atoms with Gasteiger partial charge in [0, 0.05) is 28.0 Å². The number of hydrogen-bond acceptors (Lipinski definition) is 5. The number of nitrogens with zero attached hydrogens (tertiary/aromatic N) is 1. The molecule has 0 saturated heterocycles. The van der Waals surface area contributed by atoms with Crippen molar-refractivity contribution < 1.29 is 14.3 Å². The van der Waals surface area contributed by atoms with Crippen molar-refractivity contribution in [2.75, 3.05) is 0 Å². The Hall–Kier alpha value is -2.50. The standard InChI is InChI=1S/C20H16ClNO3S/c21-16-8-6-15(7-9-16)20-22-17(13-26-20)12-25-19(24)11-10-18(23)14-4-2-1-3-5-14/h1-9,13H,10-12H2. The first kappa shape index (κ1) is 18.3. The van der Waals surface area contributed by atoms with E-state index < -0.39 is 5.97 Å². The summed E-state index contributed by atoms with van der Waals surface area (Å²) in [5.74, 6) is -0.475. The average Bonchev–Trinajstić information content (AvgIpc) is 3.14. The molecule has 26 heavy (non-hydrogen) atoms. The van der Waals surface area contributed by atoms with Gasteiger partial charge in [-0.1, -0.05) is 54.1 Å². The van der Waals surface area contributed by atoms with E-state index in [2.05, 4.69) is 4.98 Å². The lowest BCUT2D eigenvalue weighted by Gasteiger charge is -2.03. The lowest BCUT2D eigenvalue weighted by atomic mass is 10.1. The molecule has 1 heterocycles. The summed E-state index contributed by atoms with van der Waals surface area (Å²) >= 11 is 7.36. The highest BCUT2D eigenvalue weighted by Gasteiger charge is 2.11. The van der Waals surface area contributed by atoms with E-state index in [9.17, 15) is 9.59 Å². The van der Waals surface area contributed by atoms with Gasteiger partial charge in [-0.25, -0.2) is 4.98 Å². The molecular weight excluding hydrogens is 370 g/mol.